The third-order valence-electron chi connectivity index (χ3n) is 5.02. The molecule has 0 atom stereocenters. The normalized spacial score (nSPS) is 12.5. The molecule has 7 heteroatoms. The second-order valence-electron chi connectivity index (χ2n) is 7.18. The van der Waals surface area contributed by atoms with Crippen molar-refractivity contribution in [3.63, 3.8) is 0 Å². The molecule has 4 rings (SSSR count). The van der Waals surface area contributed by atoms with Crippen LogP contribution in [0.2, 0.25) is 0 Å². The molecule has 0 radical (unpaired) electrons. The van der Waals surface area contributed by atoms with Crippen molar-refractivity contribution < 1.29 is 18.7 Å². The van der Waals surface area contributed by atoms with Gasteiger partial charge < -0.3 is 19.8 Å². The molecule has 2 heterocycles. The zero-order valence-corrected chi connectivity index (χ0v) is 17.9. The Labute approximate surface area is 179 Å². The second kappa shape index (κ2) is 8.75. The van der Waals surface area contributed by atoms with Crippen LogP contribution >= 0.6 is 11.3 Å². The van der Waals surface area contributed by atoms with E-state index < -0.39 is 0 Å². The minimum atomic E-state index is -0.370. The molecule has 3 aromatic rings. The van der Waals surface area contributed by atoms with E-state index in [1.165, 1.54) is 4.88 Å². The smallest absolute Gasteiger partial charge is 0.338 e. The fourth-order valence-corrected chi connectivity index (χ4v) is 4.90. The molecule has 0 bridgehead atoms. The number of carbonyl (C=O) groups is 2. The van der Waals surface area contributed by atoms with Crippen LogP contribution < -0.4 is 10.6 Å². The molecule has 0 saturated carbocycles. The maximum Gasteiger partial charge on any atom is 0.338 e. The van der Waals surface area contributed by atoms with Crippen LogP contribution in [0, 0.1) is 6.92 Å². The van der Waals surface area contributed by atoms with Crippen LogP contribution in [0.15, 0.2) is 40.8 Å². The fraction of sp³-hybridized carbons (Fsp3) is 0.304. The predicted molar refractivity (Wildman–Crippen MR) is 117 cm³/mol. The maximum atomic E-state index is 13.1. The SMILES string of the molecule is CCOC(=O)c1ccc(NC(=O)c2c(NCc3ccc(C)o3)sc3c2CCC3)cc1. The number of carbonyl (C=O) groups excluding carboxylic acids is 2. The van der Waals surface area contributed by atoms with Gasteiger partial charge in [0.1, 0.15) is 16.5 Å². The lowest BCUT2D eigenvalue weighted by molar-refractivity contribution is 0.0526. The van der Waals surface area contributed by atoms with Crippen molar-refractivity contribution in [3.8, 4) is 0 Å². The van der Waals surface area contributed by atoms with E-state index in [0.29, 0.717) is 30.0 Å². The van der Waals surface area contributed by atoms with Crippen LogP contribution in [0.3, 0.4) is 0 Å². The number of benzene rings is 1. The standard InChI is InChI=1S/C23H24N2O4S/c1-3-28-23(27)15-8-10-16(11-9-15)25-21(26)20-18-5-4-6-19(18)30-22(20)24-13-17-12-7-14(2)29-17/h7-12,24H,3-6,13H2,1-2H3,(H,25,26). The lowest BCUT2D eigenvalue weighted by Gasteiger charge is -2.10. The summed E-state index contributed by atoms with van der Waals surface area (Å²) >= 11 is 1.65. The number of hydrogen-bond acceptors (Lipinski definition) is 6. The first kappa shape index (κ1) is 20.2. The second-order valence-corrected chi connectivity index (χ2v) is 8.28. The Hall–Kier alpha value is -3.06. The number of hydrogen-bond donors (Lipinski definition) is 2. The summed E-state index contributed by atoms with van der Waals surface area (Å²) in [6, 6.07) is 10.6. The van der Waals surface area contributed by atoms with Gasteiger partial charge in [0.25, 0.3) is 5.91 Å². The Morgan fingerprint density at radius 1 is 1.13 bits per heavy atom. The van der Waals surface area contributed by atoms with Gasteiger partial charge in [-0.1, -0.05) is 0 Å². The van der Waals surface area contributed by atoms with E-state index in [9.17, 15) is 9.59 Å². The number of fused-ring (bicyclic) bond motifs is 1. The highest BCUT2D eigenvalue weighted by Crippen LogP contribution is 2.39. The third-order valence-corrected chi connectivity index (χ3v) is 6.27. The monoisotopic (exact) mass is 424 g/mol. The van der Waals surface area contributed by atoms with Crippen LogP contribution in [0.4, 0.5) is 10.7 Å². The van der Waals surface area contributed by atoms with Gasteiger partial charge in [0, 0.05) is 10.6 Å². The Kier molecular flexibility index (Phi) is 5.90. The molecule has 1 aromatic carbocycles. The molecule has 2 aromatic heterocycles. The molecule has 0 saturated heterocycles. The quantitative estimate of drug-likeness (QED) is 0.511. The molecule has 1 amide bonds. The molecular weight excluding hydrogens is 400 g/mol. The van der Waals surface area contributed by atoms with E-state index in [4.69, 9.17) is 9.15 Å². The molecule has 156 valence electrons. The Bertz CT molecular complexity index is 1070. The Morgan fingerprint density at radius 2 is 1.93 bits per heavy atom. The van der Waals surface area contributed by atoms with Gasteiger partial charge >= 0.3 is 5.97 Å². The predicted octanol–water partition coefficient (Wildman–Crippen LogP) is 5.18. The summed E-state index contributed by atoms with van der Waals surface area (Å²) in [6.45, 7) is 4.54. The molecule has 1 aliphatic carbocycles. The summed E-state index contributed by atoms with van der Waals surface area (Å²) in [4.78, 5) is 26.2. The summed E-state index contributed by atoms with van der Waals surface area (Å²) in [6.07, 6.45) is 3.00. The van der Waals surface area contributed by atoms with Crippen molar-refractivity contribution in [1.82, 2.24) is 0 Å². The fourth-order valence-electron chi connectivity index (χ4n) is 3.61. The average Bonchev–Trinajstić information content (AvgIpc) is 3.42. The van der Waals surface area contributed by atoms with Gasteiger partial charge in [0.15, 0.2) is 0 Å². The van der Waals surface area contributed by atoms with Crippen LogP contribution in [-0.4, -0.2) is 18.5 Å². The van der Waals surface area contributed by atoms with E-state index in [1.807, 2.05) is 19.1 Å². The third kappa shape index (κ3) is 4.26. The van der Waals surface area contributed by atoms with Gasteiger partial charge in [-0.2, -0.15) is 0 Å². The summed E-state index contributed by atoms with van der Waals surface area (Å²) in [5, 5.41) is 7.22. The largest absolute Gasteiger partial charge is 0.465 e. The number of furan rings is 1. The van der Waals surface area contributed by atoms with Crippen molar-refractivity contribution in [1.29, 1.82) is 0 Å². The molecule has 0 spiro atoms. The molecule has 2 N–H and O–H groups in total. The van der Waals surface area contributed by atoms with Gasteiger partial charge in [0.2, 0.25) is 0 Å². The zero-order valence-electron chi connectivity index (χ0n) is 17.0. The van der Waals surface area contributed by atoms with Gasteiger partial charge in [-0.15, -0.1) is 11.3 Å². The summed E-state index contributed by atoms with van der Waals surface area (Å²) in [5.74, 6) is 1.19. The van der Waals surface area contributed by atoms with Crippen molar-refractivity contribution in [3.05, 3.63) is 69.5 Å². The minimum absolute atomic E-state index is 0.142. The first-order valence-corrected chi connectivity index (χ1v) is 10.9. The van der Waals surface area contributed by atoms with E-state index in [0.717, 1.165) is 41.3 Å². The number of thiophene rings is 1. The van der Waals surface area contributed by atoms with Gasteiger partial charge in [-0.25, -0.2) is 4.79 Å². The molecule has 0 aliphatic heterocycles. The molecular formula is C23H24N2O4S. The summed E-state index contributed by atoms with van der Waals surface area (Å²) in [7, 11) is 0. The van der Waals surface area contributed by atoms with Crippen LogP contribution in [-0.2, 0) is 24.1 Å². The minimum Gasteiger partial charge on any atom is -0.465 e. The van der Waals surface area contributed by atoms with E-state index in [-0.39, 0.29) is 11.9 Å². The Balaban J connectivity index is 1.51. The van der Waals surface area contributed by atoms with Crippen molar-refractivity contribution >= 4 is 33.9 Å². The summed E-state index contributed by atoms with van der Waals surface area (Å²) < 4.78 is 10.6. The molecule has 1 aliphatic rings. The van der Waals surface area contributed by atoms with Gasteiger partial charge in [0.05, 0.1) is 24.3 Å². The first-order valence-electron chi connectivity index (χ1n) is 10.1. The van der Waals surface area contributed by atoms with Crippen LogP contribution in [0.1, 0.15) is 56.0 Å². The van der Waals surface area contributed by atoms with E-state index in [1.54, 1.807) is 42.5 Å². The topological polar surface area (TPSA) is 80.6 Å². The number of anilines is 2. The lowest BCUT2D eigenvalue weighted by Crippen LogP contribution is -2.15. The number of nitrogens with one attached hydrogen (secondary N) is 2. The zero-order chi connectivity index (χ0) is 21.1. The number of esters is 1. The van der Waals surface area contributed by atoms with E-state index >= 15 is 0 Å². The molecule has 0 unspecified atom stereocenters. The maximum absolute atomic E-state index is 13.1. The van der Waals surface area contributed by atoms with Gasteiger partial charge in [-0.05, 0) is 75.1 Å². The molecule has 6 nitrogen and oxygen atoms in total. The lowest BCUT2D eigenvalue weighted by atomic mass is 10.1. The summed E-state index contributed by atoms with van der Waals surface area (Å²) in [5.41, 5.74) is 2.95. The van der Waals surface area contributed by atoms with E-state index in [2.05, 4.69) is 10.6 Å². The van der Waals surface area contributed by atoms with Gasteiger partial charge in [-0.3, -0.25) is 4.79 Å². The first-order chi connectivity index (χ1) is 14.5. The molecule has 0 fully saturated rings. The van der Waals surface area contributed by atoms with Crippen LogP contribution in [0.5, 0.6) is 0 Å². The van der Waals surface area contributed by atoms with Crippen molar-refractivity contribution in [2.75, 3.05) is 17.2 Å². The van der Waals surface area contributed by atoms with Crippen LogP contribution in [0.25, 0.3) is 0 Å². The van der Waals surface area contributed by atoms with Crippen molar-refractivity contribution in [2.45, 2.75) is 39.7 Å². The average molecular weight is 425 g/mol. The Morgan fingerprint density at radius 3 is 2.63 bits per heavy atom. The molecule has 30 heavy (non-hydrogen) atoms. The highest BCUT2D eigenvalue weighted by atomic mass is 32.1. The highest BCUT2D eigenvalue weighted by Gasteiger charge is 2.26. The van der Waals surface area contributed by atoms with Crippen molar-refractivity contribution in [2.24, 2.45) is 0 Å². The highest BCUT2D eigenvalue weighted by molar-refractivity contribution is 7.16. The number of rotatable bonds is 7. The number of aryl methyl sites for hydroxylation is 2. The number of ether oxygens (including phenoxy) is 1. The number of amides is 1.